The van der Waals surface area contributed by atoms with Crippen LogP contribution in [0.3, 0.4) is 0 Å². The van der Waals surface area contributed by atoms with Gasteiger partial charge >= 0.3 is 0 Å². The van der Waals surface area contributed by atoms with Gasteiger partial charge in [-0.05, 0) is 29.3 Å². The smallest absolute Gasteiger partial charge is 0.211 e. The Balaban J connectivity index is 0.000000169. The van der Waals surface area contributed by atoms with Gasteiger partial charge in [0.25, 0.3) is 0 Å². The summed E-state index contributed by atoms with van der Waals surface area (Å²) in [6.45, 7) is 0. The second-order valence-corrected chi connectivity index (χ2v) is 8.78. The molecule has 206 valence electrons. The number of para-hydroxylation sites is 2. The Labute approximate surface area is 237 Å². The summed E-state index contributed by atoms with van der Waals surface area (Å²) in [5, 5.41) is 12.8. The lowest BCUT2D eigenvalue weighted by atomic mass is 10.1. The number of benzene rings is 4. The first kappa shape index (κ1) is 28.0. The van der Waals surface area contributed by atoms with Crippen molar-refractivity contribution in [2.24, 2.45) is 44.1 Å². The molecule has 0 atom stereocenters. The normalized spacial score (nSPS) is 10.3. The Hall–Kier alpha value is -6.03. The van der Waals surface area contributed by atoms with Crippen LogP contribution in [0.4, 0.5) is 0 Å². The molecule has 2 heterocycles. The fourth-order valence-corrected chi connectivity index (χ4v) is 4.13. The van der Waals surface area contributed by atoms with Crippen molar-refractivity contribution < 1.29 is 0 Å². The van der Waals surface area contributed by atoms with Crippen molar-refractivity contribution in [2.45, 2.75) is 0 Å². The van der Waals surface area contributed by atoms with E-state index in [0.717, 1.165) is 27.7 Å². The molecule has 0 bridgehead atoms. The number of hydrogen-bond acceptors (Lipinski definition) is 4. The zero-order valence-corrected chi connectivity index (χ0v) is 22.3. The van der Waals surface area contributed by atoms with Crippen molar-refractivity contribution in [3.05, 3.63) is 121 Å². The summed E-state index contributed by atoms with van der Waals surface area (Å²) in [6, 6.07) is 39.0. The quantitative estimate of drug-likeness (QED) is 0.0744. The van der Waals surface area contributed by atoms with Crippen LogP contribution >= 0.6 is 0 Å². The lowest BCUT2D eigenvalue weighted by Gasteiger charge is -1.99. The van der Waals surface area contributed by atoms with Crippen molar-refractivity contribution in [1.82, 2.24) is 9.97 Å². The third kappa shape index (κ3) is 7.52. The van der Waals surface area contributed by atoms with Gasteiger partial charge < -0.3 is 38.7 Å². The number of aromatic amines is 2. The lowest BCUT2D eigenvalue weighted by molar-refractivity contribution is 1.21. The standard InChI is InChI=1S/C16H15N5.C14H11N.CH6N4/c17-16(18)21-19-10-13-12-8-4-5-9-14(12)20-15(13)11-6-2-1-3-7-11;1-2-6-11(7-3-1)14-10-12-8-4-5-9-13(12)15-14;2-1(3)5-4/h1-10,20H,(H4,17,18,21);1-10,15H;4H2,(H4,2,3,5)/b19-10+;;. The van der Waals surface area contributed by atoms with E-state index in [1.54, 1.807) is 6.21 Å². The van der Waals surface area contributed by atoms with Gasteiger partial charge in [-0.2, -0.15) is 5.10 Å². The highest BCUT2D eigenvalue weighted by Crippen LogP contribution is 2.29. The minimum atomic E-state index is -0.0926. The number of H-pyrrole nitrogens is 2. The van der Waals surface area contributed by atoms with Crippen LogP contribution in [0.1, 0.15) is 5.56 Å². The molecule has 10 nitrogen and oxygen atoms in total. The van der Waals surface area contributed by atoms with Crippen LogP contribution in [0.15, 0.2) is 131 Å². The Morgan fingerprint density at radius 2 is 1.17 bits per heavy atom. The topological polar surface area (TPSA) is 199 Å². The van der Waals surface area contributed by atoms with Crippen molar-refractivity contribution in [3.63, 3.8) is 0 Å². The zero-order chi connectivity index (χ0) is 29.0. The SMILES string of the molecule is NC(N)=N/N=C/c1c(-c2ccccc2)[nH]c2ccccc12.NN=C(N)N.c1ccc(-c2cc3ccccc3[nH]2)cc1. The molecule has 41 heavy (non-hydrogen) atoms. The van der Waals surface area contributed by atoms with Gasteiger partial charge in [0.05, 0.1) is 11.9 Å². The van der Waals surface area contributed by atoms with Crippen LogP contribution in [-0.4, -0.2) is 28.1 Å². The molecule has 10 heteroatoms. The van der Waals surface area contributed by atoms with Gasteiger partial charge in [0, 0.05) is 33.1 Å². The van der Waals surface area contributed by atoms with Crippen LogP contribution in [0.25, 0.3) is 44.3 Å². The first-order valence-electron chi connectivity index (χ1n) is 12.7. The van der Waals surface area contributed by atoms with Crippen LogP contribution < -0.4 is 28.8 Å². The molecule has 0 aliphatic heterocycles. The van der Waals surface area contributed by atoms with Gasteiger partial charge in [-0.3, -0.25) is 0 Å². The van der Waals surface area contributed by atoms with Gasteiger partial charge in [0.1, 0.15) is 0 Å². The van der Waals surface area contributed by atoms with E-state index in [9.17, 15) is 0 Å². The summed E-state index contributed by atoms with van der Waals surface area (Å²) < 4.78 is 0. The molecule has 2 aromatic heterocycles. The molecule has 0 spiro atoms. The van der Waals surface area contributed by atoms with Gasteiger partial charge in [0.15, 0.2) is 0 Å². The minimum Gasteiger partial charge on any atom is -0.369 e. The molecular formula is C31H32N10. The lowest BCUT2D eigenvalue weighted by Crippen LogP contribution is -2.23. The largest absolute Gasteiger partial charge is 0.369 e. The van der Waals surface area contributed by atoms with E-state index in [-0.39, 0.29) is 11.9 Å². The average molecular weight is 545 g/mol. The number of hydrogen-bond donors (Lipinski definition) is 7. The molecule has 0 aliphatic carbocycles. The van der Waals surface area contributed by atoms with Crippen molar-refractivity contribution in [1.29, 1.82) is 0 Å². The number of guanidine groups is 2. The second-order valence-electron chi connectivity index (χ2n) is 8.78. The van der Waals surface area contributed by atoms with Crippen molar-refractivity contribution in [3.8, 4) is 22.5 Å². The summed E-state index contributed by atoms with van der Waals surface area (Å²) in [4.78, 5) is 6.83. The third-order valence-electron chi connectivity index (χ3n) is 5.93. The van der Waals surface area contributed by atoms with E-state index in [2.05, 4.69) is 79.6 Å². The summed E-state index contributed by atoms with van der Waals surface area (Å²) in [5.74, 6) is 4.35. The number of nitrogens with two attached hydrogens (primary N) is 5. The molecular weight excluding hydrogens is 512 g/mol. The Bertz CT molecular complexity index is 1740. The zero-order valence-electron chi connectivity index (χ0n) is 22.3. The Kier molecular flexibility index (Phi) is 9.33. The average Bonchev–Trinajstić information content (AvgIpc) is 3.61. The molecule has 0 unspecified atom stereocenters. The Morgan fingerprint density at radius 1 is 0.610 bits per heavy atom. The van der Waals surface area contributed by atoms with Gasteiger partial charge in [-0.25, -0.2) is 0 Å². The summed E-state index contributed by atoms with van der Waals surface area (Å²) in [5.41, 5.74) is 27.7. The number of rotatable bonds is 4. The van der Waals surface area contributed by atoms with E-state index in [1.807, 2.05) is 66.7 Å². The fourth-order valence-electron chi connectivity index (χ4n) is 4.13. The maximum Gasteiger partial charge on any atom is 0.211 e. The summed E-state index contributed by atoms with van der Waals surface area (Å²) in [6.07, 6.45) is 1.67. The molecule has 4 aromatic carbocycles. The van der Waals surface area contributed by atoms with E-state index in [0.29, 0.717) is 0 Å². The van der Waals surface area contributed by atoms with Crippen molar-refractivity contribution in [2.75, 3.05) is 0 Å². The fraction of sp³-hybridized carbons (Fsp3) is 0. The molecule has 0 radical (unpaired) electrons. The predicted molar refractivity (Wildman–Crippen MR) is 171 cm³/mol. The number of nitrogens with zero attached hydrogens (tertiary/aromatic N) is 3. The molecule has 12 N–H and O–H groups in total. The number of hydrazone groups is 1. The molecule has 0 amide bonds. The molecule has 6 aromatic rings. The van der Waals surface area contributed by atoms with Crippen LogP contribution in [0.2, 0.25) is 0 Å². The van der Waals surface area contributed by atoms with Crippen molar-refractivity contribution >= 4 is 39.9 Å². The number of nitrogens with one attached hydrogen (secondary N) is 2. The maximum absolute atomic E-state index is 5.30. The highest BCUT2D eigenvalue weighted by Gasteiger charge is 2.11. The molecule has 0 saturated heterocycles. The number of fused-ring (bicyclic) bond motifs is 2. The van der Waals surface area contributed by atoms with Gasteiger partial charge in [-0.1, -0.05) is 97.1 Å². The molecule has 0 saturated carbocycles. The third-order valence-corrected chi connectivity index (χ3v) is 5.93. The van der Waals surface area contributed by atoms with E-state index >= 15 is 0 Å². The van der Waals surface area contributed by atoms with E-state index < -0.39 is 0 Å². The maximum atomic E-state index is 5.30. The van der Waals surface area contributed by atoms with E-state index in [4.69, 9.17) is 22.9 Å². The summed E-state index contributed by atoms with van der Waals surface area (Å²) >= 11 is 0. The van der Waals surface area contributed by atoms with Crippen LogP contribution in [0, 0.1) is 0 Å². The predicted octanol–water partition coefficient (Wildman–Crippen LogP) is 4.41. The van der Waals surface area contributed by atoms with Gasteiger partial charge in [-0.15, -0.1) is 10.2 Å². The van der Waals surface area contributed by atoms with Crippen LogP contribution in [0.5, 0.6) is 0 Å². The highest BCUT2D eigenvalue weighted by atomic mass is 15.3. The first-order valence-corrected chi connectivity index (χ1v) is 12.7. The molecule has 0 aliphatic rings. The molecule has 6 rings (SSSR count). The second kappa shape index (κ2) is 13.7. The van der Waals surface area contributed by atoms with Gasteiger partial charge in [0.2, 0.25) is 11.9 Å². The monoisotopic (exact) mass is 544 g/mol. The Morgan fingerprint density at radius 3 is 1.78 bits per heavy atom. The first-order chi connectivity index (χ1) is 20.0. The summed E-state index contributed by atoms with van der Waals surface area (Å²) in [7, 11) is 0. The molecule has 0 fully saturated rings. The number of aromatic nitrogens is 2. The van der Waals surface area contributed by atoms with E-state index in [1.165, 1.54) is 22.2 Å². The minimum absolute atomic E-state index is 0.0626. The van der Waals surface area contributed by atoms with Crippen LogP contribution in [-0.2, 0) is 0 Å². The highest BCUT2D eigenvalue weighted by molar-refractivity contribution is 6.06.